The first-order chi connectivity index (χ1) is 12.0. The van der Waals surface area contributed by atoms with Crippen molar-refractivity contribution in [2.24, 2.45) is 4.99 Å². The van der Waals surface area contributed by atoms with Gasteiger partial charge < -0.3 is 25.2 Å². The lowest BCUT2D eigenvalue weighted by molar-refractivity contribution is 0.0778. The summed E-state index contributed by atoms with van der Waals surface area (Å²) in [6.45, 7) is 5.81. The number of nitrogens with one attached hydrogen (secondary N) is 2. The van der Waals surface area contributed by atoms with Gasteiger partial charge >= 0.3 is 0 Å². The highest BCUT2D eigenvalue weighted by Gasteiger charge is 2.31. The van der Waals surface area contributed by atoms with Crippen LogP contribution < -0.4 is 20.1 Å². The zero-order chi connectivity index (χ0) is 18.1. The van der Waals surface area contributed by atoms with E-state index >= 15 is 0 Å². The molecule has 0 amide bonds. The highest BCUT2D eigenvalue weighted by atomic mass is 127. The Morgan fingerprint density at radius 3 is 2.81 bits per heavy atom. The average Bonchev–Trinajstić information content (AvgIpc) is 3.04. The Morgan fingerprint density at radius 1 is 1.38 bits per heavy atom. The van der Waals surface area contributed by atoms with Crippen LogP contribution in [0.4, 0.5) is 0 Å². The first kappa shape index (κ1) is 23.2. The molecule has 6 nitrogen and oxygen atoms in total. The molecular formula is C18H30IN3O3S. The standard InChI is InChI=1S/C18H29N3O3S.HI/c1-4-19-17(21-12-18(22)8-9-25-13-18)20-11-14(2)24-16-7-5-6-15(10-16)23-3;/h5-7,10,14,22H,4,8-9,11-13H2,1-3H3,(H2,19,20,21);1H. The van der Waals surface area contributed by atoms with Crippen LogP contribution in [0.15, 0.2) is 29.3 Å². The summed E-state index contributed by atoms with van der Waals surface area (Å²) in [5.41, 5.74) is -0.671. The molecule has 3 N–H and O–H groups in total. The summed E-state index contributed by atoms with van der Waals surface area (Å²) in [4.78, 5) is 4.53. The number of hydrogen-bond donors (Lipinski definition) is 3. The van der Waals surface area contributed by atoms with Gasteiger partial charge in [-0.15, -0.1) is 24.0 Å². The van der Waals surface area contributed by atoms with Crippen molar-refractivity contribution in [3.05, 3.63) is 24.3 Å². The van der Waals surface area contributed by atoms with E-state index in [1.807, 2.05) is 38.1 Å². The van der Waals surface area contributed by atoms with Gasteiger partial charge in [0, 0.05) is 18.4 Å². The summed E-state index contributed by atoms with van der Waals surface area (Å²) in [5.74, 6) is 4.00. The Hall–Kier alpha value is -0.870. The number of ether oxygens (including phenoxy) is 2. The van der Waals surface area contributed by atoms with Crippen LogP contribution in [0.5, 0.6) is 11.5 Å². The Labute approximate surface area is 177 Å². The Kier molecular flexibility index (Phi) is 10.5. The number of nitrogens with zero attached hydrogens (tertiary/aromatic N) is 1. The van der Waals surface area contributed by atoms with E-state index in [4.69, 9.17) is 9.47 Å². The molecule has 0 spiro atoms. The average molecular weight is 495 g/mol. The van der Waals surface area contributed by atoms with Gasteiger partial charge in [-0.1, -0.05) is 6.07 Å². The smallest absolute Gasteiger partial charge is 0.191 e. The minimum Gasteiger partial charge on any atom is -0.497 e. The van der Waals surface area contributed by atoms with E-state index in [1.54, 1.807) is 18.9 Å². The van der Waals surface area contributed by atoms with Gasteiger partial charge in [0.25, 0.3) is 0 Å². The lowest BCUT2D eigenvalue weighted by Crippen LogP contribution is -2.43. The van der Waals surface area contributed by atoms with Crippen LogP contribution in [-0.4, -0.2) is 61.0 Å². The van der Waals surface area contributed by atoms with Gasteiger partial charge in [0.1, 0.15) is 17.6 Å². The van der Waals surface area contributed by atoms with Crippen molar-refractivity contribution in [2.75, 3.05) is 38.2 Å². The zero-order valence-corrected chi connectivity index (χ0v) is 18.8. The van der Waals surface area contributed by atoms with Crippen molar-refractivity contribution in [2.45, 2.75) is 32.0 Å². The van der Waals surface area contributed by atoms with Gasteiger partial charge in [-0.3, -0.25) is 4.99 Å². The molecule has 148 valence electrons. The SMILES string of the molecule is CCNC(=NCC1(O)CCSC1)NCC(C)Oc1cccc(OC)c1.I. The minimum atomic E-state index is -0.671. The number of aliphatic hydroxyl groups is 1. The molecule has 0 bridgehead atoms. The largest absolute Gasteiger partial charge is 0.497 e. The summed E-state index contributed by atoms with van der Waals surface area (Å²) in [6, 6.07) is 7.56. The number of halogens is 1. The third-order valence-corrected chi connectivity index (χ3v) is 5.13. The molecule has 1 aliphatic rings. The van der Waals surface area contributed by atoms with Gasteiger partial charge in [0.05, 0.1) is 25.8 Å². The maximum Gasteiger partial charge on any atom is 0.191 e. The van der Waals surface area contributed by atoms with Gasteiger partial charge in [-0.2, -0.15) is 11.8 Å². The molecule has 26 heavy (non-hydrogen) atoms. The van der Waals surface area contributed by atoms with Crippen LogP contribution in [-0.2, 0) is 0 Å². The third-order valence-electron chi connectivity index (χ3n) is 3.89. The Bertz CT molecular complexity index is 568. The van der Waals surface area contributed by atoms with Crippen molar-refractivity contribution < 1.29 is 14.6 Å². The topological polar surface area (TPSA) is 75.1 Å². The molecule has 1 heterocycles. The summed E-state index contributed by atoms with van der Waals surface area (Å²) >= 11 is 1.78. The second kappa shape index (κ2) is 11.8. The lowest BCUT2D eigenvalue weighted by Gasteiger charge is -2.21. The van der Waals surface area contributed by atoms with E-state index in [9.17, 15) is 5.11 Å². The minimum absolute atomic E-state index is 0. The van der Waals surface area contributed by atoms with E-state index in [0.717, 1.165) is 36.0 Å². The maximum absolute atomic E-state index is 10.4. The second-order valence-electron chi connectivity index (χ2n) is 6.21. The number of benzene rings is 1. The fourth-order valence-electron chi connectivity index (χ4n) is 2.48. The van der Waals surface area contributed by atoms with Crippen LogP contribution in [0, 0.1) is 0 Å². The fraction of sp³-hybridized carbons (Fsp3) is 0.611. The number of hydrogen-bond acceptors (Lipinski definition) is 5. The summed E-state index contributed by atoms with van der Waals surface area (Å²) in [7, 11) is 1.64. The normalized spacial score (nSPS) is 20.8. The third kappa shape index (κ3) is 7.79. The number of rotatable bonds is 8. The lowest BCUT2D eigenvalue weighted by atomic mass is 10.1. The molecule has 0 saturated carbocycles. The van der Waals surface area contributed by atoms with Crippen LogP contribution in [0.25, 0.3) is 0 Å². The Morgan fingerprint density at radius 2 is 2.15 bits per heavy atom. The monoisotopic (exact) mass is 495 g/mol. The van der Waals surface area contributed by atoms with Crippen molar-refractivity contribution in [3.63, 3.8) is 0 Å². The number of guanidine groups is 1. The predicted molar refractivity (Wildman–Crippen MR) is 119 cm³/mol. The summed E-state index contributed by atoms with van der Waals surface area (Å²) in [6.07, 6.45) is 0.761. The molecule has 1 fully saturated rings. The number of thioether (sulfide) groups is 1. The highest BCUT2D eigenvalue weighted by Crippen LogP contribution is 2.27. The van der Waals surface area contributed by atoms with E-state index in [2.05, 4.69) is 15.6 Å². The molecule has 1 aliphatic heterocycles. The number of methoxy groups -OCH3 is 1. The van der Waals surface area contributed by atoms with Crippen LogP contribution in [0.1, 0.15) is 20.3 Å². The molecule has 0 radical (unpaired) electrons. The molecule has 1 aromatic carbocycles. The van der Waals surface area contributed by atoms with Crippen LogP contribution in [0.2, 0.25) is 0 Å². The van der Waals surface area contributed by atoms with Gasteiger partial charge in [-0.05, 0) is 38.2 Å². The van der Waals surface area contributed by atoms with Gasteiger partial charge in [0.2, 0.25) is 0 Å². The van der Waals surface area contributed by atoms with Crippen molar-refractivity contribution in [1.82, 2.24) is 10.6 Å². The molecular weight excluding hydrogens is 465 g/mol. The second-order valence-corrected chi connectivity index (χ2v) is 7.32. The summed E-state index contributed by atoms with van der Waals surface area (Å²) < 4.78 is 11.1. The van der Waals surface area contributed by atoms with Crippen molar-refractivity contribution in [3.8, 4) is 11.5 Å². The van der Waals surface area contributed by atoms with Crippen LogP contribution in [0.3, 0.4) is 0 Å². The first-order valence-corrected chi connectivity index (χ1v) is 9.83. The predicted octanol–water partition coefficient (Wildman–Crippen LogP) is 2.50. The molecule has 1 saturated heterocycles. The molecule has 2 rings (SSSR count). The highest BCUT2D eigenvalue weighted by molar-refractivity contribution is 14.0. The Balaban J connectivity index is 0.00000338. The van der Waals surface area contributed by atoms with Gasteiger partial charge in [0.15, 0.2) is 5.96 Å². The first-order valence-electron chi connectivity index (χ1n) is 8.67. The molecule has 1 aromatic rings. The summed E-state index contributed by atoms with van der Waals surface area (Å²) in [5, 5.41) is 16.9. The van der Waals surface area contributed by atoms with E-state index in [1.165, 1.54) is 0 Å². The molecule has 8 heteroatoms. The van der Waals surface area contributed by atoms with Crippen molar-refractivity contribution >= 4 is 41.7 Å². The number of aliphatic imine (C=N–C) groups is 1. The van der Waals surface area contributed by atoms with Crippen molar-refractivity contribution in [1.29, 1.82) is 0 Å². The molecule has 2 unspecified atom stereocenters. The maximum atomic E-state index is 10.4. The molecule has 0 aliphatic carbocycles. The quantitative estimate of drug-likeness (QED) is 0.293. The van der Waals surface area contributed by atoms with E-state index in [0.29, 0.717) is 19.0 Å². The fourth-order valence-corrected chi connectivity index (χ4v) is 3.76. The zero-order valence-electron chi connectivity index (χ0n) is 15.7. The van der Waals surface area contributed by atoms with E-state index < -0.39 is 5.60 Å². The molecule has 0 aromatic heterocycles. The van der Waals surface area contributed by atoms with Crippen LogP contribution >= 0.6 is 35.7 Å². The molecule has 2 atom stereocenters. The van der Waals surface area contributed by atoms with Gasteiger partial charge in [-0.25, -0.2) is 0 Å². The van der Waals surface area contributed by atoms with E-state index in [-0.39, 0.29) is 30.1 Å².